The molecule has 0 amide bonds. The number of benzene rings is 2. The molecule has 110 valence electrons. The van der Waals surface area contributed by atoms with E-state index in [0.29, 0.717) is 5.56 Å². The van der Waals surface area contributed by atoms with Crippen molar-refractivity contribution in [1.82, 2.24) is 0 Å². The Bertz CT molecular complexity index is 757. The zero-order valence-electron chi connectivity index (χ0n) is 10.8. The molecule has 0 unspecified atom stereocenters. The van der Waals surface area contributed by atoms with Crippen LogP contribution in [0.25, 0.3) is 0 Å². The summed E-state index contributed by atoms with van der Waals surface area (Å²) in [4.78, 5) is 10.8. The van der Waals surface area contributed by atoms with Crippen molar-refractivity contribution < 1.29 is 22.7 Å². The number of anilines is 1. The Balaban J connectivity index is 2.15. The molecule has 0 fully saturated rings. The summed E-state index contributed by atoms with van der Waals surface area (Å²) in [6.45, 7) is 0. The highest BCUT2D eigenvalue weighted by molar-refractivity contribution is 7.91. The summed E-state index contributed by atoms with van der Waals surface area (Å²) >= 11 is 0. The van der Waals surface area contributed by atoms with Gasteiger partial charge in [-0.05, 0) is 35.9 Å². The lowest BCUT2D eigenvalue weighted by Gasteiger charge is -2.08. The van der Waals surface area contributed by atoms with Crippen LogP contribution in [0.1, 0.15) is 15.9 Å². The summed E-state index contributed by atoms with van der Waals surface area (Å²) in [5, 5.41) is 8.86. The lowest BCUT2D eigenvalue weighted by molar-refractivity contribution is 0.0697. The average Bonchev–Trinajstić information content (AvgIpc) is 2.41. The van der Waals surface area contributed by atoms with Gasteiger partial charge in [0.1, 0.15) is 5.82 Å². The zero-order valence-corrected chi connectivity index (χ0v) is 11.6. The van der Waals surface area contributed by atoms with Crippen LogP contribution in [0, 0.1) is 5.82 Å². The quantitative estimate of drug-likeness (QED) is 0.888. The first-order valence-corrected chi connectivity index (χ1v) is 7.59. The number of aromatic carboxylic acids is 1. The van der Waals surface area contributed by atoms with Crippen molar-refractivity contribution in [2.75, 3.05) is 4.72 Å². The third-order valence-electron chi connectivity index (χ3n) is 2.65. The molecule has 0 aliphatic heterocycles. The number of hydrogen-bond donors (Lipinski definition) is 2. The van der Waals surface area contributed by atoms with Crippen LogP contribution in [-0.4, -0.2) is 19.5 Å². The van der Waals surface area contributed by atoms with Gasteiger partial charge in [-0.3, -0.25) is 4.72 Å². The van der Waals surface area contributed by atoms with E-state index in [1.54, 1.807) is 0 Å². The van der Waals surface area contributed by atoms with E-state index in [1.165, 1.54) is 48.5 Å². The molecule has 5 nitrogen and oxygen atoms in total. The maximum Gasteiger partial charge on any atom is 0.335 e. The predicted molar refractivity (Wildman–Crippen MR) is 76.0 cm³/mol. The highest BCUT2D eigenvalue weighted by Crippen LogP contribution is 2.15. The second-order valence-corrected chi connectivity index (χ2v) is 6.10. The molecule has 0 saturated heterocycles. The molecule has 0 aliphatic carbocycles. The molecule has 2 aromatic carbocycles. The molecule has 0 spiro atoms. The lowest BCUT2D eigenvalue weighted by Crippen LogP contribution is -2.15. The average molecular weight is 309 g/mol. The molecule has 2 aromatic rings. The van der Waals surface area contributed by atoms with Crippen LogP contribution in [0.5, 0.6) is 0 Å². The Morgan fingerprint density at radius 2 is 1.81 bits per heavy atom. The third kappa shape index (κ3) is 4.28. The van der Waals surface area contributed by atoms with Crippen LogP contribution in [0.2, 0.25) is 0 Å². The highest BCUT2D eigenvalue weighted by atomic mass is 32.2. The van der Waals surface area contributed by atoms with E-state index in [4.69, 9.17) is 5.11 Å². The summed E-state index contributed by atoms with van der Waals surface area (Å²) in [5.41, 5.74) is 0.576. The lowest BCUT2D eigenvalue weighted by atomic mass is 10.2. The van der Waals surface area contributed by atoms with Gasteiger partial charge in [0.25, 0.3) is 0 Å². The number of rotatable bonds is 5. The molecular weight excluding hydrogens is 297 g/mol. The van der Waals surface area contributed by atoms with Crippen molar-refractivity contribution in [3.05, 3.63) is 65.5 Å². The van der Waals surface area contributed by atoms with Crippen molar-refractivity contribution in [1.29, 1.82) is 0 Å². The van der Waals surface area contributed by atoms with Gasteiger partial charge in [0, 0.05) is 5.69 Å². The van der Waals surface area contributed by atoms with Gasteiger partial charge in [-0.2, -0.15) is 0 Å². The third-order valence-corrected chi connectivity index (χ3v) is 3.91. The van der Waals surface area contributed by atoms with E-state index < -0.39 is 21.8 Å². The molecule has 0 radical (unpaired) electrons. The Kier molecular flexibility index (Phi) is 4.23. The summed E-state index contributed by atoms with van der Waals surface area (Å²) in [6, 6.07) is 10.6. The maximum atomic E-state index is 12.8. The first-order valence-electron chi connectivity index (χ1n) is 5.94. The number of hydrogen-bond acceptors (Lipinski definition) is 3. The van der Waals surface area contributed by atoms with Crippen molar-refractivity contribution in [2.24, 2.45) is 0 Å². The van der Waals surface area contributed by atoms with Crippen molar-refractivity contribution in [3.8, 4) is 0 Å². The Hall–Kier alpha value is -2.41. The topological polar surface area (TPSA) is 83.5 Å². The van der Waals surface area contributed by atoms with E-state index in [0.717, 1.165) is 0 Å². The molecule has 2 rings (SSSR count). The van der Waals surface area contributed by atoms with Crippen LogP contribution >= 0.6 is 0 Å². The van der Waals surface area contributed by atoms with Crippen molar-refractivity contribution in [2.45, 2.75) is 5.75 Å². The van der Waals surface area contributed by atoms with E-state index >= 15 is 0 Å². The minimum atomic E-state index is -3.71. The predicted octanol–water partition coefficient (Wildman–Crippen LogP) is 2.47. The monoisotopic (exact) mass is 309 g/mol. The second-order valence-electron chi connectivity index (χ2n) is 4.37. The molecule has 0 saturated carbocycles. The number of nitrogens with one attached hydrogen (secondary N) is 1. The standard InChI is InChI=1S/C14H12FNO4S/c15-12-6-4-10(5-7-12)9-21(19,20)16-13-3-1-2-11(8-13)14(17)18/h1-8,16H,9H2,(H,17,18). The molecule has 0 bridgehead atoms. The van der Waals surface area contributed by atoms with Gasteiger partial charge in [0.05, 0.1) is 11.3 Å². The zero-order chi connectivity index (χ0) is 15.5. The van der Waals surface area contributed by atoms with Gasteiger partial charge in [-0.1, -0.05) is 18.2 Å². The summed E-state index contributed by atoms with van der Waals surface area (Å²) in [5.74, 6) is -1.92. The SMILES string of the molecule is O=C(O)c1cccc(NS(=O)(=O)Cc2ccc(F)cc2)c1. The van der Waals surface area contributed by atoms with E-state index in [1.807, 2.05) is 0 Å². The number of carboxylic acid groups (broad SMARTS) is 1. The van der Waals surface area contributed by atoms with Crippen LogP contribution in [0.3, 0.4) is 0 Å². The fourth-order valence-corrected chi connectivity index (χ4v) is 2.92. The molecule has 2 N–H and O–H groups in total. The first-order chi connectivity index (χ1) is 9.85. The van der Waals surface area contributed by atoms with Gasteiger partial charge < -0.3 is 5.11 Å². The van der Waals surface area contributed by atoms with Crippen molar-refractivity contribution in [3.63, 3.8) is 0 Å². The fourth-order valence-electron chi connectivity index (χ4n) is 1.73. The second kappa shape index (κ2) is 5.92. The van der Waals surface area contributed by atoms with Crippen LogP contribution in [-0.2, 0) is 15.8 Å². The minimum Gasteiger partial charge on any atom is -0.478 e. The Morgan fingerprint density at radius 1 is 1.14 bits per heavy atom. The van der Waals surface area contributed by atoms with E-state index in [2.05, 4.69) is 4.72 Å². The molecule has 21 heavy (non-hydrogen) atoms. The number of halogens is 1. The fraction of sp³-hybridized carbons (Fsp3) is 0.0714. The molecule has 0 atom stereocenters. The summed E-state index contributed by atoms with van der Waals surface area (Å²) in [7, 11) is -3.71. The maximum absolute atomic E-state index is 12.8. The van der Waals surface area contributed by atoms with Crippen LogP contribution in [0.15, 0.2) is 48.5 Å². The van der Waals surface area contributed by atoms with Crippen molar-refractivity contribution >= 4 is 21.7 Å². The number of sulfonamides is 1. The van der Waals surface area contributed by atoms with Gasteiger partial charge in [-0.15, -0.1) is 0 Å². The van der Waals surface area contributed by atoms with Gasteiger partial charge >= 0.3 is 5.97 Å². The van der Waals surface area contributed by atoms with E-state index in [-0.39, 0.29) is 17.0 Å². The minimum absolute atomic E-state index is 0.0167. The first kappa shape index (κ1) is 15.0. The molecular formula is C14H12FNO4S. The smallest absolute Gasteiger partial charge is 0.335 e. The number of carboxylic acids is 1. The van der Waals surface area contributed by atoms with E-state index in [9.17, 15) is 17.6 Å². The normalized spacial score (nSPS) is 11.1. The Morgan fingerprint density at radius 3 is 2.43 bits per heavy atom. The summed E-state index contributed by atoms with van der Waals surface area (Å²) < 4.78 is 39.0. The largest absolute Gasteiger partial charge is 0.478 e. The highest BCUT2D eigenvalue weighted by Gasteiger charge is 2.13. The Labute approximate surface area is 121 Å². The molecule has 7 heteroatoms. The van der Waals surface area contributed by atoms with Gasteiger partial charge in [0.15, 0.2) is 0 Å². The van der Waals surface area contributed by atoms with Gasteiger partial charge in [0.2, 0.25) is 10.0 Å². The number of carbonyl (C=O) groups is 1. The van der Waals surface area contributed by atoms with Crippen LogP contribution in [0.4, 0.5) is 10.1 Å². The molecule has 0 heterocycles. The summed E-state index contributed by atoms with van der Waals surface area (Å²) in [6.07, 6.45) is 0. The van der Waals surface area contributed by atoms with Gasteiger partial charge in [-0.25, -0.2) is 17.6 Å². The molecule has 0 aliphatic rings. The molecule has 0 aromatic heterocycles. The van der Waals surface area contributed by atoms with Crippen LogP contribution < -0.4 is 4.72 Å².